The summed E-state index contributed by atoms with van der Waals surface area (Å²) < 4.78 is 0. The first-order chi connectivity index (χ1) is 19.2. The van der Waals surface area contributed by atoms with E-state index in [9.17, 15) is 14.9 Å². The van der Waals surface area contributed by atoms with Gasteiger partial charge in [-0.2, -0.15) is 10.5 Å². The van der Waals surface area contributed by atoms with E-state index in [1.807, 2.05) is 24.3 Å². The summed E-state index contributed by atoms with van der Waals surface area (Å²) >= 11 is 0. The van der Waals surface area contributed by atoms with E-state index in [4.69, 9.17) is 11.5 Å². The lowest BCUT2D eigenvalue weighted by atomic mass is 9.69. The lowest BCUT2D eigenvalue weighted by Gasteiger charge is -2.36. The lowest BCUT2D eigenvalue weighted by Crippen LogP contribution is -2.42. The molecular weight excluding hydrogens is 506 g/mol. The van der Waals surface area contributed by atoms with Gasteiger partial charge in [-0.3, -0.25) is 9.59 Å². The Morgan fingerprint density at radius 3 is 2.23 bits per heavy atom. The van der Waals surface area contributed by atoms with E-state index >= 15 is 0 Å². The summed E-state index contributed by atoms with van der Waals surface area (Å²) in [7, 11) is 0. The number of nitrogens with one attached hydrogen (secondary N) is 2. The summed E-state index contributed by atoms with van der Waals surface area (Å²) in [5.74, 6) is 0.110. The molecule has 40 heavy (non-hydrogen) atoms. The van der Waals surface area contributed by atoms with Gasteiger partial charge in [-0.25, -0.2) is 0 Å². The van der Waals surface area contributed by atoms with E-state index in [1.165, 1.54) is 6.42 Å². The number of tetrazole rings is 1. The smallest absolute Gasteiger partial charge is 0.248 e. The van der Waals surface area contributed by atoms with Crippen molar-refractivity contribution in [1.29, 1.82) is 5.26 Å². The van der Waals surface area contributed by atoms with Crippen molar-refractivity contribution in [2.45, 2.75) is 49.7 Å². The van der Waals surface area contributed by atoms with Gasteiger partial charge in [-0.1, -0.05) is 36.1 Å². The third kappa shape index (κ3) is 3.95. The highest BCUT2D eigenvalue weighted by Gasteiger charge is 2.84. The Hall–Kier alpha value is -4.56. The number of aromatic nitrogens is 4. The number of aromatic amines is 1. The fourth-order valence-corrected chi connectivity index (χ4v) is 6.83. The maximum absolute atomic E-state index is 11.8. The highest BCUT2D eigenvalue weighted by atomic mass is 16.1. The maximum Gasteiger partial charge on any atom is 0.248 e. The molecule has 1 aromatic heterocycles. The summed E-state index contributed by atoms with van der Waals surface area (Å²) in [4.78, 5) is 25.8. The van der Waals surface area contributed by atoms with Gasteiger partial charge in [0.25, 0.3) is 0 Å². The second-order valence-corrected chi connectivity index (χ2v) is 11.3. The van der Waals surface area contributed by atoms with Crippen molar-refractivity contribution >= 4 is 11.8 Å². The Morgan fingerprint density at radius 1 is 1.15 bits per heavy atom. The summed E-state index contributed by atoms with van der Waals surface area (Å²) in [6.45, 7) is 6.93. The van der Waals surface area contributed by atoms with Crippen LogP contribution in [0.25, 0.3) is 0 Å². The van der Waals surface area contributed by atoms with Gasteiger partial charge in [-0.15, -0.1) is 10.2 Å². The Balaban J connectivity index is 1.31. The van der Waals surface area contributed by atoms with Crippen molar-refractivity contribution < 1.29 is 9.59 Å². The molecule has 6 N–H and O–H groups in total. The number of likely N-dealkylation sites (tertiary alicyclic amines) is 1. The molecule has 2 aliphatic carbocycles. The average molecular weight is 538 g/mol. The Labute approximate surface area is 231 Å². The SMILES string of the molecule is C=C(CN[C@H](C)CC(c1ccc(C(N)=O)cc1)(c1ccc(C(N)=O)cc1)c1nn[nH]n1)N1C(C#N)CC23C[C@@H]2C13. The van der Waals surface area contributed by atoms with Gasteiger partial charge < -0.3 is 21.7 Å². The maximum atomic E-state index is 11.8. The number of piperidine rings is 1. The van der Waals surface area contributed by atoms with Crippen LogP contribution in [0.4, 0.5) is 0 Å². The quantitative estimate of drug-likeness (QED) is 0.285. The number of nitrogens with zero attached hydrogens (tertiary/aromatic N) is 5. The summed E-state index contributed by atoms with van der Waals surface area (Å²) in [5, 5.41) is 28.5. The van der Waals surface area contributed by atoms with Crippen LogP contribution in [-0.2, 0) is 5.41 Å². The van der Waals surface area contributed by atoms with Crippen LogP contribution in [0.5, 0.6) is 0 Å². The topological polar surface area (TPSA) is 180 Å². The Morgan fingerprint density at radius 2 is 1.75 bits per heavy atom. The first-order valence-electron chi connectivity index (χ1n) is 13.3. The van der Waals surface area contributed by atoms with Crippen molar-refractivity contribution in [2.75, 3.05) is 6.54 Å². The van der Waals surface area contributed by atoms with Crippen molar-refractivity contribution in [3.05, 3.63) is 88.9 Å². The predicted molar refractivity (Wildman–Crippen MR) is 145 cm³/mol. The standard InChI is InChI=1S/C29H31N9O2/c1-16(33-15-17(2)38-22(14-30)12-28-13-23(28)24(28)38)11-29(27-34-36-37-35-27,20-7-3-18(4-8-20)25(31)39)21-9-5-19(6-10-21)26(32)40/h3-10,16,22-24,33H,2,11-13,15H2,1H3,(H2,31,39)(H2,32,40)(H,34,35,36,37)/t16-,22?,23-,24?,28?/m1/s1. The van der Waals surface area contributed by atoms with Crippen molar-refractivity contribution in [1.82, 2.24) is 30.8 Å². The molecule has 2 aromatic carbocycles. The molecule has 0 radical (unpaired) electrons. The molecule has 6 rings (SSSR count). The molecule has 3 fully saturated rings. The number of primary amides is 2. The van der Waals surface area contributed by atoms with E-state index in [0.717, 1.165) is 29.2 Å². The molecule has 11 nitrogen and oxygen atoms in total. The highest BCUT2D eigenvalue weighted by Crippen LogP contribution is 2.83. The minimum atomic E-state index is -0.905. The van der Waals surface area contributed by atoms with Gasteiger partial charge >= 0.3 is 0 Å². The molecule has 2 amide bonds. The van der Waals surface area contributed by atoms with Crippen LogP contribution < -0.4 is 16.8 Å². The number of benzene rings is 2. The third-order valence-corrected chi connectivity index (χ3v) is 9.08. The van der Waals surface area contributed by atoms with Crippen LogP contribution in [0.3, 0.4) is 0 Å². The van der Waals surface area contributed by atoms with E-state index in [2.05, 4.69) is 50.4 Å². The number of nitriles is 1. The number of rotatable bonds is 11. The molecule has 0 bridgehead atoms. The van der Waals surface area contributed by atoms with Gasteiger partial charge in [0, 0.05) is 35.5 Å². The Bertz CT molecular complexity index is 1450. The molecule has 1 spiro atoms. The number of carbonyl (C=O) groups excluding carboxylic acids is 2. The minimum absolute atomic E-state index is 0.0762. The molecule has 1 aliphatic heterocycles. The van der Waals surface area contributed by atoms with Crippen LogP contribution in [0, 0.1) is 22.7 Å². The fraction of sp³-hybridized carbons (Fsp3) is 0.379. The summed E-state index contributed by atoms with van der Waals surface area (Å²) in [6.07, 6.45) is 2.68. The van der Waals surface area contributed by atoms with Gasteiger partial charge in [0.2, 0.25) is 11.8 Å². The monoisotopic (exact) mass is 537 g/mol. The van der Waals surface area contributed by atoms with Gasteiger partial charge in [0.05, 0.1) is 11.5 Å². The minimum Gasteiger partial charge on any atom is -0.366 e. The number of hydrogen-bond donors (Lipinski definition) is 4. The number of amides is 2. The number of carbonyl (C=O) groups is 2. The number of nitrogens with two attached hydrogens (primary N) is 2. The zero-order valence-corrected chi connectivity index (χ0v) is 22.2. The Kier molecular flexibility index (Phi) is 5.96. The first kappa shape index (κ1) is 25.7. The van der Waals surface area contributed by atoms with Crippen LogP contribution in [0.1, 0.15) is 63.9 Å². The molecule has 3 unspecified atom stereocenters. The van der Waals surface area contributed by atoms with Crippen LogP contribution in [0.15, 0.2) is 60.8 Å². The zero-order valence-electron chi connectivity index (χ0n) is 22.2. The van der Waals surface area contributed by atoms with Crippen LogP contribution in [-0.4, -0.2) is 62.0 Å². The molecule has 2 heterocycles. The van der Waals surface area contributed by atoms with Crippen molar-refractivity contribution in [3.63, 3.8) is 0 Å². The van der Waals surface area contributed by atoms with Crippen molar-refractivity contribution in [2.24, 2.45) is 22.8 Å². The van der Waals surface area contributed by atoms with Crippen LogP contribution >= 0.6 is 0 Å². The van der Waals surface area contributed by atoms with E-state index in [-0.39, 0.29) is 12.1 Å². The molecule has 1 saturated heterocycles. The lowest BCUT2D eigenvalue weighted by molar-refractivity contribution is 0.0992. The summed E-state index contributed by atoms with van der Waals surface area (Å²) in [5.41, 5.74) is 13.8. The van der Waals surface area contributed by atoms with E-state index in [0.29, 0.717) is 41.4 Å². The largest absolute Gasteiger partial charge is 0.366 e. The van der Waals surface area contributed by atoms with Gasteiger partial charge in [0.15, 0.2) is 5.82 Å². The molecule has 5 atom stereocenters. The molecular formula is C29H31N9O2. The molecule has 3 aliphatic rings. The average Bonchev–Trinajstić information content (AvgIpc) is 3.64. The highest BCUT2D eigenvalue weighted by molar-refractivity contribution is 5.93. The first-order valence-corrected chi connectivity index (χ1v) is 13.3. The summed E-state index contributed by atoms with van der Waals surface area (Å²) in [6, 6.07) is 16.8. The molecule has 11 heteroatoms. The number of hydrogen-bond acceptors (Lipinski definition) is 8. The molecule has 204 valence electrons. The fourth-order valence-electron chi connectivity index (χ4n) is 6.83. The zero-order chi connectivity index (χ0) is 28.2. The third-order valence-electron chi connectivity index (χ3n) is 9.08. The van der Waals surface area contributed by atoms with E-state index in [1.54, 1.807) is 24.3 Å². The molecule has 2 saturated carbocycles. The van der Waals surface area contributed by atoms with Crippen molar-refractivity contribution in [3.8, 4) is 6.07 Å². The second kappa shape index (κ2) is 9.27. The number of H-pyrrole nitrogens is 1. The van der Waals surface area contributed by atoms with Gasteiger partial charge in [-0.05, 0) is 72.9 Å². The number of fused-ring (bicyclic) bond motifs is 1. The van der Waals surface area contributed by atoms with E-state index < -0.39 is 17.2 Å². The normalized spacial score (nSPS) is 24.9. The van der Waals surface area contributed by atoms with Gasteiger partial charge in [0.1, 0.15) is 6.04 Å². The predicted octanol–water partition coefficient (Wildman–Crippen LogP) is 1.60. The second-order valence-electron chi connectivity index (χ2n) is 11.3. The van der Waals surface area contributed by atoms with Crippen LogP contribution in [0.2, 0.25) is 0 Å². The molecule has 3 aromatic rings.